The maximum atomic E-state index is 13.4. The van der Waals surface area contributed by atoms with Gasteiger partial charge in [-0.25, -0.2) is 8.78 Å². The van der Waals surface area contributed by atoms with Crippen molar-refractivity contribution in [1.82, 2.24) is 4.90 Å². The van der Waals surface area contributed by atoms with E-state index < -0.39 is 17.6 Å². The molecule has 128 valence electrons. The van der Waals surface area contributed by atoms with Crippen molar-refractivity contribution in [2.75, 3.05) is 5.88 Å². The molecule has 0 aliphatic heterocycles. The molecule has 0 heterocycles. The van der Waals surface area contributed by atoms with Gasteiger partial charge in [0.15, 0.2) is 0 Å². The summed E-state index contributed by atoms with van der Waals surface area (Å²) in [5.41, 5.74) is 0.632. The van der Waals surface area contributed by atoms with Crippen molar-refractivity contribution in [2.24, 2.45) is 0 Å². The fraction of sp³-hybridized carbons (Fsp3) is 0.588. The summed E-state index contributed by atoms with van der Waals surface area (Å²) in [7, 11) is 0. The molecule has 0 bridgehead atoms. The number of carbonyl (C=O) groups excluding carboxylic acids is 1. The van der Waals surface area contributed by atoms with Crippen LogP contribution in [-0.4, -0.2) is 33.8 Å². The van der Waals surface area contributed by atoms with E-state index in [1.54, 1.807) is 38.1 Å². The molecule has 6 heteroatoms. The molecule has 1 saturated carbocycles. The third-order valence-electron chi connectivity index (χ3n) is 4.27. The van der Waals surface area contributed by atoms with Crippen LogP contribution in [0.15, 0.2) is 24.3 Å². The second-order valence-corrected chi connectivity index (χ2v) is 6.93. The SMILES string of the molecule is CC(C)(O)c1ccc(CN(C(=O)CCl)C2CCC(F)(F)C2)cc1. The minimum Gasteiger partial charge on any atom is -0.386 e. The summed E-state index contributed by atoms with van der Waals surface area (Å²) in [5, 5.41) is 9.95. The summed E-state index contributed by atoms with van der Waals surface area (Å²) in [6.07, 6.45) is -0.212. The molecule has 1 unspecified atom stereocenters. The Kier molecular flexibility index (Phi) is 5.31. The molecule has 1 atom stereocenters. The summed E-state index contributed by atoms with van der Waals surface area (Å²) in [5.74, 6) is -3.26. The molecule has 2 rings (SSSR count). The van der Waals surface area contributed by atoms with Crippen LogP contribution in [0.2, 0.25) is 0 Å². The van der Waals surface area contributed by atoms with Gasteiger partial charge in [0.2, 0.25) is 11.8 Å². The van der Waals surface area contributed by atoms with Gasteiger partial charge in [0.25, 0.3) is 0 Å². The highest BCUT2D eigenvalue weighted by atomic mass is 35.5. The van der Waals surface area contributed by atoms with Crippen molar-refractivity contribution in [3.05, 3.63) is 35.4 Å². The first-order valence-corrected chi connectivity index (χ1v) is 8.21. The lowest BCUT2D eigenvalue weighted by Crippen LogP contribution is -2.39. The molecule has 1 aromatic rings. The highest BCUT2D eigenvalue weighted by Gasteiger charge is 2.42. The Labute approximate surface area is 140 Å². The minimum absolute atomic E-state index is 0.193. The number of nitrogens with zero attached hydrogens (tertiary/aromatic N) is 1. The molecule has 0 saturated heterocycles. The molecule has 1 aliphatic rings. The second-order valence-electron chi connectivity index (χ2n) is 6.66. The molecule has 1 amide bonds. The third kappa shape index (κ3) is 4.64. The predicted octanol–water partition coefficient (Wildman–Crippen LogP) is 3.67. The molecule has 1 fully saturated rings. The highest BCUT2D eigenvalue weighted by molar-refractivity contribution is 6.27. The van der Waals surface area contributed by atoms with Gasteiger partial charge in [-0.1, -0.05) is 24.3 Å². The molecular formula is C17H22ClF2NO2. The van der Waals surface area contributed by atoms with E-state index in [0.717, 1.165) is 11.1 Å². The van der Waals surface area contributed by atoms with Crippen LogP contribution in [0.3, 0.4) is 0 Å². The van der Waals surface area contributed by atoms with Gasteiger partial charge in [0.05, 0.1) is 5.60 Å². The highest BCUT2D eigenvalue weighted by Crippen LogP contribution is 2.38. The summed E-state index contributed by atoms with van der Waals surface area (Å²) in [4.78, 5) is 13.5. The number of rotatable bonds is 5. The van der Waals surface area contributed by atoms with Crippen molar-refractivity contribution >= 4 is 17.5 Å². The van der Waals surface area contributed by atoms with Crippen LogP contribution in [-0.2, 0) is 16.9 Å². The van der Waals surface area contributed by atoms with Crippen LogP contribution in [0, 0.1) is 0 Å². The van der Waals surface area contributed by atoms with Crippen LogP contribution in [0.25, 0.3) is 0 Å². The Hall–Kier alpha value is -1.20. The van der Waals surface area contributed by atoms with Gasteiger partial charge in [-0.2, -0.15) is 0 Å². The van der Waals surface area contributed by atoms with Gasteiger partial charge in [0.1, 0.15) is 5.88 Å². The number of amides is 1. The van der Waals surface area contributed by atoms with E-state index in [4.69, 9.17) is 11.6 Å². The first-order valence-electron chi connectivity index (χ1n) is 7.67. The normalized spacial score (nSPS) is 20.5. The number of aliphatic hydroxyl groups is 1. The fourth-order valence-corrected chi connectivity index (χ4v) is 3.06. The van der Waals surface area contributed by atoms with Gasteiger partial charge in [-0.05, 0) is 31.4 Å². The van der Waals surface area contributed by atoms with Gasteiger partial charge in [-0.15, -0.1) is 11.6 Å². The Morgan fingerprint density at radius 2 is 2.00 bits per heavy atom. The summed E-state index contributed by atoms with van der Waals surface area (Å²) in [6.45, 7) is 3.62. The molecule has 0 spiro atoms. The number of halogens is 3. The predicted molar refractivity (Wildman–Crippen MR) is 85.5 cm³/mol. The van der Waals surface area contributed by atoms with Crippen molar-refractivity contribution in [3.8, 4) is 0 Å². The van der Waals surface area contributed by atoms with Crippen molar-refractivity contribution in [3.63, 3.8) is 0 Å². The average molecular weight is 346 g/mol. The van der Waals surface area contributed by atoms with Gasteiger partial charge in [-0.3, -0.25) is 4.79 Å². The first kappa shape index (κ1) is 18.1. The topological polar surface area (TPSA) is 40.5 Å². The van der Waals surface area contributed by atoms with E-state index in [1.807, 2.05) is 0 Å². The van der Waals surface area contributed by atoms with Crippen LogP contribution in [0.5, 0.6) is 0 Å². The lowest BCUT2D eigenvalue weighted by Gasteiger charge is -2.29. The lowest BCUT2D eigenvalue weighted by atomic mass is 9.97. The number of alkyl halides is 3. The van der Waals surface area contributed by atoms with Gasteiger partial charge in [0, 0.05) is 25.4 Å². The Bertz CT molecular complexity index is 555. The van der Waals surface area contributed by atoms with E-state index >= 15 is 0 Å². The number of hydrogen-bond donors (Lipinski definition) is 1. The van der Waals surface area contributed by atoms with E-state index in [0.29, 0.717) is 0 Å². The zero-order valence-electron chi connectivity index (χ0n) is 13.4. The van der Waals surface area contributed by atoms with Gasteiger partial charge >= 0.3 is 0 Å². The van der Waals surface area contributed by atoms with Crippen molar-refractivity contribution < 1.29 is 18.7 Å². The summed E-state index contributed by atoms with van der Waals surface area (Å²) < 4.78 is 26.9. The molecule has 23 heavy (non-hydrogen) atoms. The molecular weight excluding hydrogens is 324 g/mol. The van der Waals surface area contributed by atoms with E-state index in [2.05, 4.69) is 0 Å². The standard InChI is InChI=1S/C17H22ClF2NO2/c1-16(2,23)13-5-3-12(4-6-13)11-21(15(22)10-18)14-7-8-17(19,20)9-14/h3-6,14,23H,7-11H2,1-2H3. The second kappa shape index (κ2) is 6.73. The van der Waals surface area contributed by atoms with E-state index in [9.17, 15) is 18.7 Å². The smallest absolute Gasteiger partial charge is 0.250 e. The van der Waals surface area contributed by atoms with Crippen LogP contribution in [0.1, 0.15) is 44.2 Å². The molecule has 1 aliphatic carbocycles. The Morgan fingerprint density at radius 3 is 2.43 bits per heavy atom. The maximum Gasteiger partial charge on any atom is 0.250 e. The van der Waals surface area contributed by atoms with E-state index in [-0.39, 0.29) is 37.6 Å². The van der Waals surface area contributed by atoms with Crippen LogP contribution in [0.4, 0.5) is 8.78 Å². The van der Waals surface area contributed by atoms with Crippen LogP contribution < -0.4 is 0 Å². The van der Waals surface area contributed by atoms with Crippen LogP contribution >= 0.6 is 11.6 Å². The van der Waals surface area contributed by atoms with Gasteiger partial charge < -0.3 is 10.0 Å². The molecule has 0 radical (unpaired) electrons. The lowest BCUT2D eigenvalue weighted by molar-refractivity contribution is -0.131. The number of carbonyl (C=O) groups is 1. The third-order valence-corrected chi connectivity index (χ3v) is 4.49. The summed E-state index contributed by atoms with van der Waals surface area (Å²) in [6, 6.07) is 6.68. The largest absolute Gasteiger partial charge is 0.386 e. The van der Waals surface area contributed by atoms with E-state index in [1.165, 1.54) is 4.90 Å². The quantitative estimate of drug-likeness (QED) is 0.827. The molecule has 1 aromatic carbocycles. The fourth-order valence-electron chi connectivity index (χ4n) is 2.91. The number of benzene rings is 1. The minimum atomic E-state index is -2.71. The van der Waals surface area contributed by atoms with Crippen molar-refractivity contribution in [2.45, 2.75) is 57.2 Å². The zero-order chi connectivity index (χ0) is 17.3. The molecule has 1 N–H and O–H groups in total. The number of hydrogen-bond acceptors (Lipinski definition) is 2. The average Bonchev–Trinajstić information content (AvgIpc) is 2.83. The molecule has 3 nitrogen and oxygen atoms in total. The molecule has 0 aromatic heterocycles. The Balaban J connectivity index is 2.14. The first-order chi connectivity index (χ1) is 10.6. The monoisotopic (exact) mass is 345 g/mol. The zero-order valence-corrected chi connectivity index (χ0v) is 14.1. The summed E-state index contributed by atoms with van der Waals surface area (Å²) >= 11 is 5.64. The Morgan fingerprint density at radius 1 is 1.39 bits per heavy atom. The van der Waals surface area contributed by atoms with Crippen molar-refractivity contribution in [1.29, 1.82) is 0 Å². The maximum absolute atomic E-state index is 13.4.